The minimum Gasteiger partial charge on any atom is -0.462 e. The van der Waals surface area contributed by atoms with Crippen molar-refractivity contribution in [2.24, 2.45) is 11.8 Å². The van der Waals surface area contributed by atoms with E-state index in [2.05, 4.69) is 47.1 Å². The van der Waals surface area contributed by atoms with E-state index in [0.29, 0.717) is 17.9 Å². The lowest BCUT2D eigenvalue weighted by atomic mass is 9.55. The van der Waals surface area contributed by atoms with Gasteiger partial charge >= 0.3 is 5.97 Å². The number of anilines is 1. The van der Waals surface area contributed by atoms with Crippen molar-refractivity contribution in [1.82, 2.24) is 0 Å². The second-order valence-corrected chi connectivity index (χ2v) is 12.1. The third kappa shape index (κ3) is 4.07. The van der Waals surface area contributed by atoms with Gasteiger partial charge in [0.25, 0.3) is 0 Å². The third-order valence-corrected chi connectivity index (χ3v) is 9.93. The largest absolute Gasteiger partial charge is 0.462 e. The smallest absolute Gasteiger partial charge is 0.338 e. The molecule has 7 rings (SSSR count). The predicted octanol–water partition coefficient (Wildman–Crippen LogP) is 7.11. The van der Waals surface area contributed by atoms with E-state index in [1.54, 1.807) is 24.3 Å². The maximum Gasteiger partial charge on any atom is 0.338 e. The molecule has 39 heavy (non-hydrogen) atoms. The number of carbonyl (C=O) groups excluding carboxylic acids is 3. The van der Waals surface area contributed by atoms with Crippen LogP contribution in [0.25, 0.3) is 0 Å². The van der Waals surface area contributed by atoms with Crippen molar-refractivity contribution in [2.75, 3.05) is 11.5 Å². The molecule has 0 N–H and O–H groups in total. The average Bonchev–Trinajstić information content (AvgIpc) is 3.23. The van der Waals surface area contributed by atoms with E-state index in [1.165, 1.54) is 24.2 Å². The standard InChI is InChI=1S/C33H32BrNO4/c1-2-3-4-5-6-11-19-39-32(38)21-13-12-14-22(20-21)35-30(36)28-27-23-15-7-9-17-25(23)33(34,29(28)31(35)37)26-18-10-8-16-24(26)27/h7-10,12-18,20,27-29H,2-6,11,19H2,1H3. The Morgan fingerprint density at radius 3 is 2.18 bits per heavy atom. The van der Waals surface area contributed by atoms with Crippen molar-refractivity contribution in [3.63, 3.8) is 0 Å². The molecule has 1 aliphatic heterocycles. The number of ether oxygens (including phenoxy) is 1. The fourth-order valence-corrected chi connectivity index (χ4v) is 8.04. The summed E-state index contributed by atoms with van der Waals surface area (Å²) in [7, 11) is 0. The number of benzene rings is 3. The van der Waals surface area contributed by atoms with Crippen LogP contribution in [0.1, 0.15) is 84.0 Å². The topological polar surface area (TPSA) is 63.7 Å². The molecule has 2 atom stereocenters. The van der Waals surface area contributed by atoms with E-state index in [9.17, 15) is 14.4 Å². The van der Waals surface area contributed by atoms with Gasteiger partial charge in [0.05, 0.1) is 34.0 Å². The molecule has 200 valence electrons. The molecule has 0 spiro atoms. The van der Waals surface area contributed by atoms with Gasteiger partial charge in [-0.1, -0.05) is 110 Å². The molecule has 5 nitrogen and oxygen atoms in total. The summed E-state index contributed by atoms with van der Waals surface area (Å²) < 4.78 is 4.71. The molecule has 1 fully saturated rings. The highest BCUT2D eigenvalue weighted by molar-refractivity contribution is 9.09. The Kier molecular flexibility index (Phi) is 6.92. The summed E-state index contributed by atoms with van der Waals surface area (Å²) in [6, 6.07) is 22.9. The van der Waals surface area contributed by atoms with Crippen molar-refractivity contribution in [3.05, 3.63) is 101 Å². The number of carbonyl (C=O) groups is 3. The average molecular weight is 587 g/mol. The first kappa shape index (κ1) is 26.0. The number of halogens is 1. The summed E-state index contributed by atoms with van der Waals surface area (Å²) in [5, 5.41) is 0. The van der Waals surface area contributed by atoms with Gasteiger partial charge in [-0.05, 0) is 46.9 Å². The zero-order valence-corrected chi connectivity index (χ0v) is 23.7. The van der Waals surface area contributed by atoms with Crippen LogP contribution in [0.4, 0.5) is 5.69 Å². The molecule has 3 aromatic carbocycles. The maximum absolute atomic E-state index is 14.1. The van der Waals surface area contributed by atoms with Gasteiger partial charge in [0.1, 0.15) is 0 Å². The van der Waals surface area contributed by atoms with Crippen LogP contribution in [0.2, 0.25) is 0 Å². The Morgan fingerprint density at radius 2 is 1.49 bits per heavy atom. The van der Waals surface area contributed by atoms with E-state index in [4.69, 9.17) is 4.74 Å². The fourth-order valence-electron chi connectivity index (χ4n) is 6.84. The van der Waals surface area contributed by atoms with Gasteiger partial charge in [0.15, 0.2) is 0 Å². The molecule has 3 aliphatic carbocycles. The summed E-state index contributed by atoms with van der Waals surface area (Å²) in [5.41, 5.74) is 5.03. The molecule has 0 saturated carbocycles. The number of alkyl halides is 1. The van der Waals surface area contributed by atoms with Gasteiger partial charge in [0, 0.05) is 5.92 Å². The van der Waals surface area contributed by atoms with Crippen molar-refractivity contribution >= 4 is 39.4 Å². The minimum atomic E-state index is -0.797. The predicted molar refractivity (Wildman–Crippen MR) is 154 cm³/mol. The van der Waals surface area contributed by atoms with Crippen LogP contribution in [0.15, 0.2) is 72.8 Å². The van der Waals surface area contributed by atoms with Crippen LogP contribution in [0, 0.1) is 11.8 Å². The van der Waals surface area contributed by atoms with E-state index in [-0.39, 0.29) is 17.7 Å². The fraction of sp³-hybridized carbons (Fsp3) is 0.364. The highest BCUT2D eigenvalue weighted by atomic mass is 79.9. The van der Waals surface area contributed by atoms with E-state index in [0.717, 1.165) is 41.5 Å². The number of amides is 2. The molecule has 0 radical (unpaired) electrons. The summed E-state index contributed by atoms with van der Waals surface area (Å²) in [6.45, 7) is 2.55. The Bertz CT molecular complexity index is 1400. The lowest BCUT2D eigenvalue weighted by Crippen LogP contribution is -2.50. The van der Waals surface area contributed by atoms with Crippen molar-refractivity contribution in [1.29, 1.82) is 0 Å². The zero-order valence-electron chi connectivity index (χ0n) is 22.1. The maximum atomic E-state index is 14.1. The first-order valence-electron chi connectivity index (χ1n) is 14.0. The summed E-state index contributed by atoms with van der Waals surface area (Å²) >= 11 is 4.02. The normalized spacial score (nSPS) is 24.4. The number of esters is 1. The quantitative estimate of drug-likeness (QED) is 0.116. The number of unbranched alkanes of at least 4 members (excludes halogenated alkanes) is 5. The van der Waals surface area contributed by atoms with Crippen LogP contribution in [-0.2, 0) is 18.7 Å². The molecular weight excluding hydrogens is 554 g/mol. The number of hydrogen-bond acceptors (Lipinski definition) is 4. The number of hydrogen-bond donors (Lipinski definition) is 0. The van der Waals surface area contributed by atoms with E-state index in [1.807, 2.05) is 24.3 Å². The Balaban J connectivity index is 1.27. The van der Waals surface area contributed by atoms with Gasteiger partial charge in [-0.25, -0.2) is 9.69 Å². The molecule has 3 aromatic rings. The first-order chi connectivity index (χ1) is 19.0. The highest BCUT2D eigenvalue weighted by Gasteiger charge is 2.67. The van der Waals surface area contributed by atoms with Gasteiger partial charge in [-0.2, -0.15) is 0 Å². The van der Waals surface area contributed by atoms with Crippen LogP contribution < -0.4 is 4.90 Å². The van der Waals surface area contributed by atoms with Crippen LogP contribution in [0.5, 0.6) is 0 Å². The molecule has 2 bridgehead atoms. The lowest BCUT2D eigenvalue weighted by molar-refractivity contribution is -0.122. The van der Waals surface area contributed by atoms with Gasteiger partial charge < -0.3 is 4.74 Å². The van der Waals surface area contributed by atoms with Crippen molar-refractivity contribution in [2.45, 2.75) is 55.7 Å². The van der Waals surface area contributed by atoms with Crippen molar-refractivity contribution in [3.8, 4) is 0 Å². The van der Waals surface area contributed by atoms with Crippen LogP contribution >= 0.6 is 15.9 Å². The molecule has 2 amide bonds. The number of rotatable bonds is 9. The van der Waals surface area contributed by atoms with Crippen LogP contribution in [-0.4, -0.2) is 24.4 Å². The van der Waals surface area contributed by atoms with Gasteiger partial charge in [-0.15, -0.1) is 0 Å². The summed E-state index contributed by atoms with van der Waals surface area (Å²) in [6.07, 6.45) is 6.65. The summed E-state index contributed by atoms with van der Waals surface area (Å²) in [5.74, 6) is -2.20. The third-order valence-electron chi connectivity index (χ3n) is 8.59. The molecular formula is C33H32BrNO4. The highest BCUT2D eigenvalue weighted by Crippen LogP contribution is 2.66. The Hall–Kier alpha value is -3.25. The monoisotopic (exact) mass is 585 g/mol. The molecule has 2 unspecified atom stereocenters. The second kappa shape index (κ2) is 10.4. The molecule has 0 aromatic heterocycles. The van der Waals surface area contributed by atoms with Crippen molar-refractivity contribution < 1.29 is 19.1 Å². The Morgan fingerprint density at radius 1 is 0.846 bits per heavy atom. The lowest BCUT2D eigenvalue weighted by Gasteiger charge is -2.51. The van der Waals surface area contributed by atoms with Gasteiger partial charge in [-0.3, -0.25) is 9.59 Å². The van der Waals surface area contributed by atoms with E-state index >= 15 is 0 Å². The minimum absolute atomic E-state index is 0.200. The van der Waals surface area contributed by atoms with Crippen LogP contribution in [0.3, 0.4) is 0 Å². The first-order valence-corrected chi connectivity index (χ1v) is 14.8. The summed E-state index contributed by atoms with van der Waals surface area (Å²) in [4.78, 5) is 42.3. The Labute approximate surface area is 237 Å². The van der Waals surface area contributed by atoms with E-state index < -0.39 is 22.1 Å². The SMILES string of the molecule is CCCCCCCCOC(=O)c1cccc(N2C(=O)C3C4c5ccccc5C(Br)(c5ccccc54)C3C2=O)c1. The number of imide groups is 1. The second-order valence-electron chi connectivity index (χ2n) is 10.8. The molecule has 1 heterocycles. The van der Waals surface area contributed by atoms with Gasteiger partial charge in [0.2, 0.25) is 11.8 Å². The zero-order chi connectivity index (χ0) is 27.1. The molecule has 4 aliphatic rings. The molecule has 6 heteroatoms. The number of nitrogens with zero attached hydrogens (tertiary/aromatic N) is 1. The molecule has 1 saturated heterocycles.